The van der Waals surface area contributed by atoms with Crippen molar-refractivity contribution in [3.05, 3.63) is 28.2 Å². The number of nitrogen functional groups attached to an aromatic ring is 1. The lowest BCUT2D eigenvalue weighted by Crippen LogP contribution is -2.50. The summed E-state index contributed by atoms with van der Waals surface area (Å²) in [5, 5.41) is 9.08. The number of hydrogen-bond donors (Lipinski definition) is 2. The monoisotopic (exact) mass is 314 g/mol. The van der Waals surface area contributed by atoms with Crippen LogP contribution in [0.15, 0.2) is 22.7 Å². The van der Waals surface area contributed by atoms with Crippen LogP contribution in [0, 0.1) is 0 Å². The van der Waals surface area contributed by atoms with E-state index in [4.69, 9.17) is 10.8 Å². The Bertz CT molecular complexity index is 500. The molecule has 1 amide bonds. The van der Waals surface area contributed by atoms with Crippen LogP contribution in [0.5, 0.6) is 0 Å². The van der Waals surface area contributed by atoms with E-state index in [1.807, 2.05) is 0 Å². The molecule has 0 heterocycles. The second-order valence-corrected chi connectivity index (χ2v) is 5.32. The van der Waals surface area contributed by atoms with Crippen molar-refractivity contribution < 1.29 is 14.7 Å². The molecular formula is C12H15BrN2O3. The van der Waals surface area contributed by atoms with Gasteiger partial charge in [0.2, 0.25) is 0 Å². The summed E-state index contributed by atoms with van der Waals surface area (Å²) in [7, 11) is 1.46. The fourth-order valence-electron chi connectivity index (χ4n) is 1.25. The molecule has 1 rings (SSSR count). The van der Waals surface area contributed by atoms with Crippen molar-refractivity contribution in [2.75, 3.05) is 12.8 Å². The van der Waals surface area contributed by atoms with Gasteiger partial charge in [0.15, 0.2) is 0 Å². The maximum absolute atomic E-state index is 12.2. The minimum absolute atomic E-state index is 0.372. The third-order valence-corrected chi connectivity index (χ3v) is 3.60. The lowest BCUT2D eigenvalue weighted by molar-refractivity contribution is -0.147. The summed E-state index contributed by atoms with van der Waals surface area (Å²) in [6.07, 6.45) is 0. The molecule has 0 aromatic heterocycles. The smallest absolute Gasteiger partial charge is 0.329 e. The lowest BCUT2D eigenvalue weighted by Gasteiger charge is -2.31. The van der Waals surface area contributed by atoms with E-state index in [0.29, 0.717) is 15.7 Å². The van der Waals surface area contributed by atoms with Gasteiger partial charge in [-0.2, -0.15) is 0 Å². The molecule has 98 valence electrons. The zero-order valence-corrected chi connectivity index (χ0v) is 12.0. The maximum Gasteiger partial charge on any atom is 0.329 e. The molecule has 3 N–H and O–H groups in total. The van der Waals surface area contributed by atoms with Gasteiger partial charge in [-0.1, -0.05) is 0 Å². The van der Waals surface area contributed by atoms with Crippen LogP contribution < -0.4 is 5.73 Å². The summed E-state index contributed by atoms with van der Waals surface area (Å²) >= 11 is 3.23. The van der Waals surface area contributed by atoms with Gasteiger partial charge in [0.1, 0.15) is 5.54 Å². The number of anilines is 1. The fourth-order valence-corrected chi connectivity index (χ4v) is 1.63. The van der Waals surface area contributed by atoms with Gasteiger partial charge in [0.05, 0.1) is 0 Å². The van der Waals surface area contributed by atoms with Crippen molar-refractivity contribution in [3.63, 3.8) is 0 Å². The van der Waals surface area contributed by atoms with Crippen LogP contribution in [0.25, 0.3) is 0 Å². The molecule has 0 unspecified atom stereocenters. The zero-order valence-electron chi connectivity index (χ0n) is 10.4. The number of carboxylic acid groups (broad SMARTS) is 1. The van der Waals surface area contributed by atoms with Gasteiger partial charge in [-0.05, 0) is 48.0 Å². The van der Waals surface area contributed by atoms with E-state index >= 15 is 0 Å². The van der Waals surface area contributed by atoms with Gasteiger partial charge in [0, 0.05) is 22.8 Å². The number of benzene rings is 1. The van der Waals surface area contributed by atoms with Crippen LogP contribution in [-0.4, -0.2) is 34.5 Å². The number of amides is 1. The number of rotatable bonds is 3. The van der Waals surface area contributed by atoms with Crippen molar-refractivity contribution >= 4 is 33.5 Å². The molecule has 0 fully saturated rings. The average molecular weight is 315 g/mol. The quantitative estimate of drug-likeness (QED) is 0.835. The van der Waals surface area contributed by atoms with Gasteiger partial charge in [0.25, 0.3) is 5.91 Å². The number of nitrogens with zero attached hydrogens (tertiary/aromatic N) is 1. The second kappa shape index (κ2) is 4.97. The number of nitrogens with two attached hydrogens (primary N) is 1. The van der Waals surface area contributed by atoms with Gasteiger partial charge in [-0.15, -0.1) is 0 Å². The summed E-state index contributed by atoms with van der Waals surface area (Å²) < 4.78 is 0.606. The van der Waals surface area contributed by atoms with E-state index in [2.05, 4.69) is 15.9 Å². The van der Waals surface area contributed by atoms with E-state index in [1.54, 1.807) is 18.2 Å². The zero-order chi connectivity index (χ0) is 14.1. The molecule has 1 aromatic carbocycles. The molecule has 0 aliphatic rings. The lowest BCUT2D eigenvalue weighted by atomic mass is 10.0. The Hall–Kier alpha value is -1.56. The summed E-state index contributed by atoms with van der Waals surface area (Å²) in [5.41, 5.74) is 5.26. The van der Waals surface area contributed by atoms with E-state index in [1.165, 1.54) is 25.8 Å². The Labute approximate surface area is 114 Å². The second-order valence-electron chi connectivity index (χ2n) is 4.46. The number of carbonyl (C=O) groups excluding carboxylic acids is 1. The Morgan fingerprint density at radius 2 is 1.94 bits per heavy atom. The first-order chi connectivity index (χ1) is 8.17. The van der Waals surface area contributed by atoms with Crippen LogP contribution in [0.3, 0.4) is 0 Å². The van der Waals surface area contributed by atoms with Gasteiger partial charge in [-0.3, -0.25) is 4.79 Å². The molecule has 0 bridgehead atoms. The molecule has 0 atom stereocenters. The van der Waals surface area contributed by atoms with Crippen LogP contribution >= 0.6 is 15.9 Å². The van der Waals surface area contributed by atoms with E-state index in [9.17, 15) is 9.59 Å². The molecule has 0 aliphatic carbocycles. The van der Waals surface area contributed by atoms with Gasteiger partial charge < -0.3 is 15.7 Å². The predicted octanol–water partition coefficient (Wildman–Crippen LogP) is 1.97. The Balaban J connectivity index is 3.07. The number of likely N-dealkylation sites (N-methyl/N-ethyl adjacent to an activating group) is 1. The number of carboxylic acids is 1. The maximum atomic E-state index is 12.2. The van der Waals surface area contributed by atoms with E-state index < -0.39 is 11.5 Å². The summed E-state index contributed by atoms with van der Waals surface area (Å²) in [6, 6.07) is 4.74. The molecule has 0 saturated heterocycles. The molecule has 5 nitrogen and oxygen atoms in total. The third kappa shape index (κ3) is 2.64. The van der Waals surface area contributed by atoms with Crippen LogP contribution in [0.4, 0.5) is 5.69 Å². The normalized spacial score (nSPS) is 11.1. The first-order valence-electron chi connectivity index (χ1n) is 5.24. The topological polar surface area (TPSA) is 83.6 Å². The molecule has 0 aliphatic heterocycles. The molecule has 0 radical (unpaired) electrons. The van der Waals surface area contributed by atoms with Crippen molar-refractivity contribution in [1.82, 2.24) is 4.90 Å². The van der Waals surface area contributed by atoms with Crippen LogP contribution in [0.1, 0.15) is 24.2 Å². The molecule has 18 heavy (non-hydrogen) atoms. The van der Waals surface area contributed by atoms with Crippen molar-refractivity contribution in [2.24, 2.45) is 0 Å². The largest absolute Gasteiger partial charge is 0.480 e. The Morgan fingerprint density at radius 3 is 2.39 bits per heavy atom. The number of hydrogen-bond acceptors (Lipinski definition) is 3. The minimum atomic E-state index is -1.27. The Kier molecular flexibility index (Phi) is 4.01. The van der Waals surface area contributed by atoms with E-state index in [-0.39, 0.29) is 5.91 Å². The van der Waals surface area contributed by atoms with Crippen molar-refractivity contribution in [2.45, 2.75) is 19.4 Å². The summed E-state index contributed by atoms with van der Waals surface area (Å²) in [4.78, 5) is 24.4. The molecule has 1 aromatic rings. The van der Waals surface area contributed by atoms with Crippen molar-refractivity contribution in [1.29, 1.82) is 0 Å². The van der Waals surface area contributed by atoms with E-state index in [0.717, 1.165) is 0 Å². The highest BCUT2D eigenvalue weighted by molar-refractivity contribution is 9.10. The van der Waals surface area contributed by atoms with Gasteiger partial charge in [-0.25, -0.2) is 4.79 Å². The third-order valence-electron chi connectivity index (χ3n) is 2.91. The predicted molar refractivity (Wildman–Crippen MR) is 72.4 cm³/mol. The summed E-state index contributed by atoms with van der Waals surface area (Å²) in [6.45, 7) is 2.94. The minimum Gasteiger partial charge on any atom is -0.480 e. The van der Waals surface area contributed by atoms with Gasteiger partial charge >= 0.3 is 5.97 Å². The van der Waals surface area contributed by atoms with Crippen molar-refractivity contribution in [3.8, 4) is 0 Å². The number of halogens is 1. The molecular weight excluding hydrogens is 300 g/mol. The Morgan fingerprint density at radius 1 is 1.39 bits per heavy atom. The molecule has 6 heteroatoms. The molecule has 0 saturated carbocycles. The number of aliphatic carboxylic acids is 1. The first-order valence-corrected chi connectivity index (χ1v) is 6.03. The molecule has 0 spiro atoms. The highest BCUT2D eigenvalue weighted by atomic mass is 79.9. The number of carbonyl (C=O) groups is 2. The summed E-state index contributed by atoms with van der Waals surface area (Å²) in [5.74, 6) is -1.43. The van der Waals surface area contributed by atoms with Crippen LogP contribution in [-0.2, 0) is 4.79 Å². The first kappa shape index (κ1) is 14.5. The standard InChI is InChI=1S/C12H15BrN2O3/c1-12(2,11(17)18)15(3)10(16)7-4-5-9(14)8(13)6-7/h4-6H,14H2,1-3H3,(H,17,18). The van der Waals surface area contributed by atoms with Crippen LogP contribution in [0.2, 0.25) is 0 Å². The fraction of sp³-hybridized carbons (Fsp3) is 0.333. The highest BCUT2D eigenvalue weighted by Gasteiger charge is 2.35. The SMILES string of the molecule is CN(C(=O)c1ccc(N)c(Br)c1)C(C)(C)C(=O)O. The average Bonchev–Trinajstić information content (AvgIpc) is 2.30. The highest BCUT2D eigenvalue weighted by Crippen LogP contribution is 2.23.